The van der Waals surface area contributed by atoms with Gasteiger partial charge in [0.1, 0.15) is 0 Å². The molecule has 15 heavy (non-hydrogen) atoms. The molecule has 0 amide bonds. The van der Waals surface area contributed by atoms with E-state index in [1.54, 1.807) is 6.20 Å². The van der Waals surface area contributed by atoms with Crippen LogP contribution in [0.5, 0.6) is 0 Å². The molecular formula is C11H17ClN2O. The molecule has 1 aromatic rings. The number of H-pyrrole nitrogens is 1. The first kappa shape index (κ1) is 12.3. The highest BCUT2D eigenvalue weighted by atomic mass is 35.5. The number of hydrogen-bond acceptors (Lipinski definition) is 2. The Hall–Kier alpha value is -0.800. The van der Waals surface area contributed by atoms with Gasteiger partial charge in [-0.05, 0) is 50.4 Å². The molecule has 4 heteroatoms. The first-order chi connectivity index (χ1) is 6.79. The molecule has 0 bridgehead atoms. The molecule has 1 aliphatic heterocycles. The standard InChI is InChI=1S/C11H16N2O.ClH/c1-8-2-7-13-11(14)10(8)9-3-5-12-6-4-9;/h2,7,9,12H,3-6H2,1H3,(H,13,14);1H. The van der Waals surface area contributed by atoms with E-state index in [4.69, 9.17) is 0 Å². The SMILES string of the molecule is Cc1cc[nH]c(=O)c1C1CCNCC1.Cl. The minimum atomic E-state index is 0. The van der Waals surface area contributed by atoms with Gasteiger partial charge in [-0.15, -0.1) is 12.4 Å². The lowest BCUT2D eigenvalue weighted by atomic mass is 9.88. The smallest absolute Gasteiger partial charge is 0.251 e. The van der Waals surface area contributed by atoms with Crippen molar-refractivity contribution in [2.75, 3.05) is 13.1 Å². The fraction of sp³-hybridized carbons (Fsp3) is 0.545. The van der Waals surface area contributed by atoms with E-state index in [0.717, 1.165) is 37.1 Å². The van der Waals surface area contributed by atoms with Crippen LogP contribution in [0, 0.1) is 6.92 Å². The monoisotopic (exact) mass is 228 g/mol. The number of nitrogens with one attached hydrogen (secondary N) is 2. The van der Waals surface area contributed by atoms with Crippen molar-refractivity contribution < 1.29 is 0 Å². The Morgan fingerprint density at radius 1 is 1.33 bits per heavy atom. The quantitative estimate of drug-likeness (QED) is 0.767. The molecule has 0 spiro atoms. The summed E-state index contributed by atoms with van der Waals surface area (Å²) < 4.78 is 0. The van der Waals surface area contributed by atoms with E-state index in [0.29, 0.717) is 5.92 Å². The molecule has 84 valence electrons. The van der Waals surface area contributed by atoms with E-state index >= 15 is 0 Å². The number of aryl methyl sites for hydroxylation is 1. The third-order valence-corrected chi connectivity index (χ3v) is 2.96. The van der Waals surface area contributed by atoms with Crippen molar-refractivity contribution in [3.8, 4) is 0 Å². The summed E-state index contributed by atoms with van der Waals surface area (Å²) in [6.07, 6.45) is 3.88. The molecular weight excluding hydrogens is 212 g/mol. The van der Waals surface area contributed by atoms with Crippen LogP contribution in [-0.2, 0) is 0 Å². The Balaban J connectivity index is 0.00000112. The zero-order chi connectivity index (χ0) is 9.97. The van der Waals surface area contributed by atoms with Gasteiger partial charge in [0.2, 0.25) is 0 Å². The van der Waals surface area contributed by atoms with E-state index in [1.165, 1.54) is 0 Å². The Bertz CT molecular complexity index is 369. The van der Waals surface area contributed by atoms with Gasteiger partial charge in [0.15, 0.2) is 0 Å². The largest absolute Gasteiger partial charge is 0.329 e. The lowest BCUT2D eigenvalue weighted by molar-refractivity contribution is 0.456. The van der Waals surface area contributed by atoms with Crippen molar-refractivity contribution >= 4 is 12.4 Å². The van der Waals surface area contributed by atoms with Crippen LogP contribution in [-0.4, -0.2) is 18.1 Å². The molecule has 2 rings (SSSR count). The fourth-order valence-corrected chi connectivity index (χ4v) is 2.21. The predicted octanol–water partition coefficient (Wildman–Crippen LogP) is 1.57. The Kier molecular flexibility index (Phi) is 4.36. The lowest BCUT2D eigenvalue weighted by Gasteiger charge is -2.23. The molecule has 0 aromatic carbocycles. The normalized spacial score (nSPS) is 17.1. The van der Waals surface area contributed by atoms with Gasteiger partial charge in [0, 0.05) is 11.8 Å². The second kappa shape index (κ2) is 5.33. The molecule has 0 aliphatic carbocycles. The van der Waals surface area contributed by atoms with Crippen molar-refractivity contribution in [2.45, 2.75) is 25.7 Å². The molecule has 0 atom stereocenters. The van der Waals surface area contributed by atoms with Gasteiger partial charge in [0.05, 0.1) is 0 Å². The molecule has 3 nitrogen and oxygen atoms in total. The molecule has 0 unspecified atom stereocenters. The van der Waals surface area contributed by atoms with E-state index < -0.39 is 0 Å². The molecule has 1 aliphatic rings. The number of rotatable bonds is 1. The van der Waals surface area contributed by atoms with Crippen molar-refractivity contribution in [2.24, 2.45) is 0 Å². The van der Waals surface area contributed by atoms with E-state index in [9.17, 15) is 4.79 Å². The third kappa shape index (κ3) is 2.61. The van der Waals surface area contributed by atoms with Crippen LogP contribution in [0.4, 0.5) is 0 Å². The summed E-state index contributed by atoms with van der Waals surface area (Å²) in [5.41, 5.74) is 2.21. The van der Waals surface area contributed by atoms with Crippen LogP contribution in [0.3, 0.4) is 0 Å². The fourth-order valence-electron chi connectivity index (χ4n) is 2.21. The average molecular weight is 229 g/mol. The molecule has 2 N–H and O–H groups in total. The van der Waals surface area contributed by atoms with Crippen molar-refractivity contribution in [3.05, 3.63) is 33.7 Å². The summed E-state index contributed by atoms with van der Waals surface area (Å²) in [6.45, 7) is 4.07. The summed E-state index contributed by atoms with van der Waals surface area (Å²) in [5, 5.41) is 3.31. The summed E-state index contributed by atoms with van der Waals surface area (Å²) in [6, 6.07) is 1.98. The summed E-state index contributed by atoms with van der Waals surface area (Å²) in [5.74, 6) is 0.446. The second-order valence-electron chi connectivity index (χ2n) is 3.93. The van der Waals surface area contributed by atoms with Crippen molar-refractivity contribution in [1.82, 2.24) is 10.3 Å². The van der Waals surface area contributed by atoms with Crippen LogP contribution < -0.4 is 10.9 Å². The lowest BCUT2D eigenvalue weighted by Crippen LogP contribution is -2.30. The van der Waals surface area contributed by atoms with Crippen LogP contribution in [0.25, 0.3) is 0 Å². The Labute approximate surface area is 95.7 Å². The molecule has 1 saturated heterocycles. The number of piperidine rings is 1. The summed E-state index contributed by atoms with van der Waals surface area (Å²) in [7, 11) is 0. The first-order valence-corrected chi connectivity index (χ1v) is 5.18. The maximum Gasteiger partial charge on any atom is 0.251 e. The van der Waals surface area contributed by atoms with Gasteiger partial charge >= 0.3 is 0 Å². The third-order valence-electron chi connectivity index (χ3n) is 2.96. The van der Waals surface area contributed by atoms with Crippen molar-refractivity contribution in [1.29, 1.82) is 0 Å². The first-order valence-electron chi connectivity index (χ1n) is 5.18. The van der Waals surface area contributed by atoms with Crippen LogP contribution in [0.1, 0.15) is 29.9 Å². The topological polar surface area (TPSA) is 44.9 Å². The number of halogens is 1. The van der Waals surface area contributed by atoms with Gasteiger partial charge in [-0.3, -0.25) is 4.79 Å². The van der Waals surface area contributed by atoms with E-state index in [-0.39, 0.29) is 18.0 Å². The zero-order valence-corrected chi connectivity index (χ0v) is 9.69. The maximum absolute atomic E-state index is 11.7. The van der Waals surface area contributed by atoms with Crippen LogP contribution in [0.2, 0.25) is 0 Å². The summed E-state index contributed by atoms with van der Waals surface area (Å²) in [4.78, 5) is 14.4. The van der Waals surface area contributed by atoms with Gasteiger partial charge in [-0.2, -0.15) is 0 Å². The van der Waals surface area contributed by atoms with E-state index in [1.807, 2.05) is 13.0 Å². The molecule has 0 saturated carbocycles. The van der Waals surface area contributed by atoms with Gasteiger partial charge in [0.25, 0.3) is 5.56 Å². The van der Waals surface area contributed by atoms with Crippen LogP contribution in [0.15, 0.2) is 17.1 Å². The predicted molar refractivity (Wildman–Crippen MR) is 63.9 cm³/mol. The average Bonchev–Trinajstić information content (AvgIpc) is 2.19. The Morgan fingerprint density at radius 3 is 2.60 bits per heavy atom. The number of aromatic amines is 1. The minimum absolute atomic E-state index is 0. The molecule has 1 fully saturated rings. The van der Waals surface area contributed by atoms with Crippen molar-refractivity contribution in [3.63, 3.8) is 0 Å². The highest BCUT2D eigenvalue weighted by Gasteiger charge is 2.19. The Morgan fingerprint density at radius 2 is 2.00 bits per heavy atom. The van der Waals surface area contributed by atoms with Gasteiger partial charge in [-0.1, -0.05) is 0 Å². The minimum Gasteiger partial charge on any atom is -0.329 e. The van der Waals surface area contributed by atoms with Gasteiger partial charge < -0.3 is 10.3 Å². The maximum atomic E-state index is 11.7. The van der Waals surface area contributed by atoms with Gasteiger partial charge in [-0.25, -0.2) is 0 Å². The molecule has 0 radical (unpaired) electrons. The van der Waals surface area contributed by atoms with E-state index in [2.05, 4.69) is 10.3 Å². The molecule has 2 heterocycles. The molecule has 1 aromatic heterocycles. The zero-order valence-electron chi connectivity index (χ0n) is 8.88. The number of pyridine rings is 1. The second-order valence-corrected chi connectivity index (χ2v) is 3.93. The summed E-state index contributed by atoms with van der Waals surface area (Å²) >= 11 is 0. The number of aromatic nitrogens is 1. The number of hydrogen-bond donors (Lipinski definition) is 2. The van der Waals surface area contributed by atoms with Crippen LogP contribution >= 0.6 is 12.4 Å². The highest BCUT2D eigenvalue weighted by Crippen LogP contribution is 2.24. The highest BCUT2D eigenvalue weighted by molar-refractivity contribution is 5.85.